The van der Waals surface area contributed by atoms with E-state index in [0.717, 1.165) is 57.8 Å². The van der Waals surface area contributed by atoms with Crippen LogP contribution < -0.4 is 0 Å². The molecule has 1 unspecified atom stereocenters. The standard InChI is InChI=1S/C59H104O5/c1-4-7-10-13-16-19-22-25-27-29-31-33-36-39-42-45-48-51-54-62-55-57(64-59(61)53-50-47-44-41-38-34-24-21-18-15-12-9-6-3)56-63-58(60)52-49-46-43-40-37-35-32-30-28-26-23-20-17-14-11-8-5-2/h9,12,16,18-19,21,25,27,34,38,44,47,57H,4-8,10-11,13-15,17,20,22-24,26,28-33,35-37,39-43,45-46,48-56H2,1-3H3/b12-9-,19-16-,21-18-,27-25-,38-34-,47-44-. The van der Waals surface area contributed by atoms with Crippen molar-refractivity contribution in [3.8, 4) is 0 Å². The Morgan fingerprint density at radius 1 is 0.359 bits per heavy atom. The van der Waals surface area contributed by atoms with Gasteiger partial charge in [-0.25, -0.2) is 0 Å². The summed E-state index contributed by atoms with van der Waals surface area (Å²) in [4.78, 5) is 25.4. The summed E-state index contributed by atoms with van der Waals surface area (Å²) < 4.78 is 17.4. The highest BCUT2D eigenvalue weighted by Gasteiger charge is 2.17. The fourth-order valence-electron chi connectivity index (χ4n) is 7.67. The van der Waals surface area contributed by atoms with Crippen molar-refractivity contribution in [3.05, 3.63) is 72.9 Å². The first-order chi connectivity index (χ1) is 31.6. The Morgan fingerprint density at radius 3 is 1.22 bits per heavy atom. The number of allylic oxidation sites excluding steroid dienone is 12. The first-order valence-corrected chi connectivity index (χ1v) is 27.5. The molecule has 5 heteroatoms. The molecule has 0 amide bonds. The average Bonchev–Trinajstić information content (AvgIpc) is 3.30. The van der Waals surface area contributed by atoms with Gasteiger partial charge in [-0.3, -0.25) is 9.59 Å². The van der Waals surface area contributed by atoms with Crippen LogP contribution >= 0.6 is 0 Å². The number of rotatable bonds is 50. The lowest BCUT2D eigenvalue weighted by Crippen LogP contribution is -2.30. The van der Waals surface area contributed by atoms with Gasteiger partial charge in [0.05, 0.1) is 6.61 Å². The summed E-state index contributed by atoms with van der Waals surface area (Å²) in [5.41, 5.74) is 0. The van der Waals surface area contributed by atoms with Crippen LogP contribution in [0.5, 0.6) is 0 Å². The monoisotopic (exact) mass is 893 g/mol. The van der Waals surface area contributed by atoms with E-state index in [4.69, 9.17) is 14.2 Å². The smallest absolute Gasteiger partial charge is 0.306 e. The molecular formula is C59H104O5. The zero-order valence-electron chi connectivity index (χ0n) is 42.5. The van der Waals surface area contributed by atoms with Gasteiger partial charge in [0.15, 0.2) is 6.10 Å². The Labute approximate surface area is 397 Å². The first kappa shape index (κ1) is 61.3. The number of carbonyl (C=O) groups excluding carboxylic acids is 2. The first-order valence-electron chi connectivity index (χ1n) is 27.5. The van der Waals surface area contributed by atoms with Gasteiger partial charge in [0.25, 0.3) is 0 Å². The molecule has 1 atom stereocenters. The zero-order chi connectivity index (χ0) is 46.3. The third-order valence-corrected chi connectivity index (χ3v) is 11.7. The van der Waals surface area contributed by atoms with Crippen LogP contribution in [0.3, 0.4) is 0 Å². The Bertz CT molecular complexity index is 1150. The summed E-state index contributed by atoms with van der Waals surface area (Å²) in [5.74, 6) is -0.485. The zero-order valence-corrected chi connectivity index (χ0v) is 42.5. The summed E-state index contributed by atoms with van der Waals surface area (Å²) >= 11 is 0. The fraction of sp³-hybridized carbons (Fsp3) is 0.763. The second kappa shape index (κ2) is 54.7. The second-order valence-corrected chi connectivity index (χ2v) is 18.1. The van der Waals surface area contributed by atoms with Crippen molar-refractivity contribution >= 4 is 11.9 Å². The molecule has 0 aliphatic carbocycles. The van der Waals surface area contributed by atoms with Crippen molar-refractivity contribution < 1.29 is 23.8 Å². The van der Waals surface area contributed by atoms with Gasteiger partial charge in [0, 0.05) is 19.4 Å². The fourth-order valence-corrected chi connectivity index (χ4v) is 7.67. The maximum atomic E-state index is 12.8. The predicted octanol–water partition coefficient (Wildman–Crippen LogP) is 18.7. The van der Waals surface area contributed by atoms with Crippen LogP contribution in [0.4, 0.5) is 0 Å². The molecule has 0 rings (SSSR count). The normalized spacial score (nSPS) is 12.7. The van der Waals surface area contributed by atoms with Crippen molar-refractivity contribution in [2.45, 2.75) is 271 Å². The lowest BCUT2D eigenvalue weighted by Gasteiger charge is -2.18. The van der Waals surface area contributed by atoms with Crippen LogP contribution in [0.2, 0.25) is 0 Å². The number of ether oxygens (including phenoxy) is 3. The molecule has 0 aromatic carbocycles. The van der Waals surface area contributed by atoms with E-state index in [0.29, 0.717) is 25.9 Å². The third-order valence-electron chi connectivity index (χ3n) is 11.7. The summed E-state index contributed by atoms with van der Waals surface area (Å²) in [7, 11) is 0. The van der Waals surface area contributed by atoms with Crippen molar-refractivity contribution in [2.24, 2.45) is 0 Å². The molecule has 0 aliphatic heterocycles. The molecule has 0 heterocycles. The van der Waals surface area contributed by atoms with Gasteiger partial charge >= 0.3 is 11.9 Å². The number of esters is 2. The average molecular weight is 893 g/mol. The minimum absolute atomic E-state index is 0.0550. The Balaban J connectivity index is 4.31. The molecule has 0 bridgehead atoms. The summed E-state index contributed by atoms with van der Waals surface area (Å²) in [6.07, 6.45) is 70.8. The summed E-state index contributed by atoms with van der Waals surface area (Å²) in [5, 5.41) is 0. The molecule has 0 aromatic rings. The molecule has 0 spiro atoms. The van der Waals surface area contributed by atoms with E-state index in [2.05, 4.69) is 87.6 Å². The van der Waals surface area contributed by atoms with Gasteiger partial charge in [0.2, 0.25) is 0 Å². The SMILES string of the molecule is CC/C=C\C/C=C\C/C=C\C/C=C\CCC(=O)OC(COCCCCCCCCCC/C=C\C/C=C\CCCCC)COC(=O)CCCCCCCCCCCCCCCCCCC. The van der Waals surface area contributed by atoms with Gasteiger partial charge in [-0.05, 0) is 77.0 Å². The Morgan fingerprint density at radius 2 is 0.734 bits per heavy atom. The van der Waals surface area contributed by atoms with Gasteiger partial charge in [-0.2, -0.15) is 0 Å². The summed E-state index contributed by atoms with van der Waals surface area (Å²) in [6, 6.07) is 0. The molecule has 0 aromatic heterocycles. The van der Waals surface area contributed by atoms with E-state index in [1.54, 1.807) is 0 Å². The van der Waals surface area contributed by atoms with Crippen molar-refractivity contribution in [2.75, 3.05) is 19.8 Å². The Kier molecular flexibility index (Phi) is 52.4. The highest BCUT2D eigenvalue weighted by Crippen LogP contribution is 2.15. The topological polar surface area (TPSA) is 61.8 Å². The molecule has 0 fully saturated rings. The van der Waals surface area contributed by atoms with Gasteiger partial charge in [-0.1, -0.05) is 248 Å². The largest absolute Gasteiger partial charge is 0.462 e. The van der Waals surface area contributed by atoms with E-state index in [-0.39, 0.29) is 25.2 Å². The van der Waals surface area contributed by atoms with Crippen LogP contribution in [0, 0.1) is 0 Å². The quantitative estimate of drug-likeness (QED) is 0.0346. The van der Waals surface area contributed by atoms with Gasteiger partial charge < -0.3 is 14.2 Å². The summed E-state index contributed by atoms with van der Waals surface area (Å²) in [6.45, 7) is 7.63. The van der Waals surface area contributed by atoms with Crippen LogP contribution in [0.1, 0.15) is 265 Å². The van der Waals surface area contributed by atoms with Crippen LogP contribution in [-0.2, 0) is 23.8 Å². The highest BCUT2D eigenvalue weighted by molar-refractivity contribution is 5.70. The molecule has 5 nitrogen and oxygen atoms in total. The number of carbonyl (C=O) groups is 2. The van der Waals surface area contributed by atoms with Crippen LogP contribution in [0.15, 0.2) is 72.9 Å². The highest BCUT2D eigenvalue weighted by atomic mass is 16.6. The van der Waals surface area contributed by atoms with Crippen molar-refractivity contribution in [3.63, 3.8) is 0 Å². The molecule has 0 saturated heterocycles. The third kappa shape index (κ3) is 52.0. The molecule has 370 valence electrons. The minimum Gasteiger partial charge on any atom is -0.462 e. The molecule has 0 N–H and O–H groups in total. The van der Waals surface area contributed by atoms with Crippen molar-refractivity contribution in [1.82, 2.24) is 0 Å². The van der Waals surface area contributed by atoms with Crippen LogP contribution in [-0.4, -0.2) is 37.9 Å². The van der Waals surface area contributed by atoms with E-state index in [1.165, 1.54) is 167 Å². The van der Waals surface area contributed by atoms with E-state index in [1.807, 2.05) is 6.08 Å². The lowest BCUT2D eigenvalue weighted by atomic mass is 10.0. The molecule has 0 aliphatic rings. The molecule has 0 saturated carbocycles. The number of unbranched alkanes of at least 4 members (excludes halogenated alkanes) is 27. The minimum atomic E-state index is -0.578. The predicted molar refractivity (Wildman–Crippen MR) is 279 cm³/mol. The molecule has 0 radical (unpaired) electrons. The Hall–Kier alpha value is -2.66. The van der Waals surface area contributed by atoms with Crippen molar-refractivity contribution in [1.29, 1.82) is 0 Å². The second-order valence-electron chi connectivity index (χ2n) is 18.1. The van der Waals surface area contributed by atoms with E-state index < -0.39 is 6.10 Å². The van der Waals surface area contributed by atoms with E-state index >= 15 is 0 Å². The van der Waals surface area contributed by atoms with Gasteiger partial charge in [-0.15, -0.1) is 0 Å². The number of hydrogen-bond acceptors (Lipinski definition) is 5. The molecule has 64 heavy (non-hydrogen) atoms. The van der Waals surface area contributed by atoms with Gasteiger partial charge in [0.1, 0.15) is 6.61 Å². The number of hydrogen-bond donors (Lipinski definition) is 0. The van der Waals surface area contributed by atoms with E-state index in [9.17, 15) is 9.59 Å². The molecular weight excluding hydrogens is 789 g/mol. The van der Waals surface area contributed by atoms with Crippen LogP contribution in [0.25, 0.3) is 0 Å². The maximum Gasteiger partial charge on any atom is 0.306 e. The maximum absolute atomic E-state index is 12.8. The lowest BCUT2D eigenvalue weighted by molar-refractivity contribution is -0.162.